The molecule has 0 bridgehead atoms. The molecule has 1 aromatic heterocycles. The molecule has 0 aromatic carbocycles. The maximum Gasteiger partial charge on any atom is 0.0694 e. The van der Waals surface area contributed by atoms with Crippen molar-refractivity contribution < 1.29 is 0 Å². The first-order valence-electron chi connectivity index (χ1n) is 7.16. The minimum absolute atomic E-state index is 0.445. The number of rotatable bonds is 4. The number of nitrogens with zero attached hydrogens (tertiary/aromatic N) is 2. The van der Waals surface area contributed by atoms with E-state index in [0.717, 1.165) is 6.54 Å². The second-order valence-electron chi connectivity index (χ2n) is 6.68. The average Bonchev–Trinajstić information content (AvgIpc) is 2.78. The molecule has 0 amide bonds. The topological polar surface area (TPSA) is 29.9 Å². The van der Waals surface area contributed by atoms with E-state index in [1.165, 1.54) is 30.5 Å². The summed E-state index contributed by atoms with van der Waals surface area (Å²) < 4.78 is 1.94. The van der Waals surface area contributed by atoms with E-state index in [2.05, 4.69) is 44.3 Å². The van der Waals surface area contributed by atoms with Gasteiger partial charge in [-0.15, -0.1) is 0 Å². The Kier molecular flexibility index (Phi) is 3.81. The molecule has 18 heavy (non-hydrogen) atoms. The van der Waals surface area contributed by atoms with Crippen molar-refractivity contribution in [3.8, 4) is 0 Å². The summed E-state index contributed by atoms with van der Waals surface area (Å²) in [6.45, 7) is 10.1. The van der Waals surface area contributed by atoms with Crippen LogP contribution in [0.2, 0.25) is 0 Å². The van der Waals surface area contributed by atoms with Gasteiger partial charge in [0.1, 0.15) is 0 Å². The van der Waals surface area contributed by atoms with Crippen molar-refractivity contribution in [2.75, 3.05) is 0 Å². The summed E-state index contributed by atoms with van der Waals surface area (Å²) in [5, 5.41) is 8.31. The van der Waals surface area contributed by atoms with E-state index in [9.17, 15) is 0 Å². The first-order valence-corrected chi connectivity index (χ1v) is 7.16. The van der Waals surface area contributed by atoms with Crippen LogP contribution in [0.15, 0.2) is 6.20 Å². The highest BCUT2D eigenvalue weighted by molar-refractivity contribution is 5.20. The standard InChI is InChI=1S/C15H27N3/c1-11(2)14-12(10-18(5)17-14)9-16-13-7-6-8-15(13,3)4/h10-11,13,16H,6-9H2,1-5H3. The van der Waals surface area contributed by atoms with Crippen molar-refractivity contribution in [1.82, 2.24) is 15.1 Å². The third kappa shape index (κ3) is 2.77. The Hall–Kier alpha value is -0.830. The number of hydrogen-bond acceptors (Lipinski definition) is 2. The van der Waals surface area contributed by atoms with Crippen molar-refractivity contribution in [2.24, 2.45) is 12.5 Å². The molecule has 3 nitrogen and oxygen atoms in total. The van der Waals surface area contributed by atoms with Gasteiger partial charge >= 0.3 is 0 Å². The molecule has 1 aliphatic rings. The van der Waals surface area contributed by atoms with Gasteiger partial charge in [-0.2, -0.15) is 5.10 Å². The fourth-order valence-electron chi connectivity index (χ4n) is 3.12. The SMILES string of the molecule is CC(C)c1nn(C)cc1CNC1CCCC1(C)C. The van der Waals surface area contributed by atoms with Gasteiger partial charge < -0.3 is 5.32 Å². The third-order valence-corrected chi connectivity index (χ3v) is 4.28. The van der Waals surface area contributed by atoms with Crippen LogP contribution >= 0.6 is 0 Å². The first-order chi connectivity index (χ1) is 8.40. The van der Waals surface area contributed by atoms with Gasteiger partial charge in [0.05, 0.1) is 5.69 Å². The quantitative estimate of drug-likeness (QED) is 0.888. The van der Waals surface area contributed by atoms with Crippen molar-refractivity contribution in [2.45, 2.75) is 65.5 Å². The zero-order chi connectivity index (χ0) is 13.3. The highest BCUT2D eigenvalue weighted by Crippen LogP contribution is 2.37. The van der Waals surface area contributed by atoms with Crippen LogP contribution in [-0.4, -0.2) is 15.8 Å². The van der Waals surface area contributed by atoms with Gasteiger partial charge in [0.2, 0.25) is 0 Å². The molecule has 102 valence electrons. The van der Waals surface area contributed by atoms with Crippen LogP contribution in [0.5, 0.6) is 0 Å². The van der Waals surface area contributed by atoms with Crippen LogP contribution in [0.3, 0.4) is 0 Å². The fraction of sp³-hybridized carbons (Fsp3) is 0.800. The van der Waals surface area contributed by atoms with Crippen LogP contribution in [0.4, 0.5) is 0 Å². The molecule has 1 atom stereocenters. The Balaban J connectivity index is 2.02. The molecule has 0 aliphatic heterocycles. The van der Waals surface area contributed by atoms with Crippen LogP contribution in [0, 0.1) is 5.41 Å². The zero-order valence-corrected chi connectivity index (χ0v) is 12.5. The Bertz CT molecular complexity index is 404. The van der Waals surface area contributed by atoms with Crippen molar-refractivity contribution in [3.63, 3.8) is 0 Å². The summed E-state index contributed by atoms with van der Waals surface area (Å²) in [5.41, 5.74) is 3.04. The smallest absolute Gasteiger partial charge is 0.0694 e. The van der Waals surface area contributed by atoms with Crippen LogP contribution < -0.4 is 5.32 Å². The zero-order valence-electron chi connectivity index (χ0n) is 12.5. The molecule has 1 saturated carbocycles. The molecule has 1 unspecified atom stereocenters. The summed E-state index contributed by atoms with van der Waals surface area (Å²) in [4.78, 5) is 0. The molecule has 1 aromatic rings. The minimum Gasteiger partial charge on any atom is -0.309 e. The summed E-state index contributed by atoms with van der Waals surface area (Å²) >= 11 is 0. The molecule has 1 N–H and O–H groups in total. The molecular formula is C15H27N3. The predicted molar refractivity (Wildman–Crippen MR) is 75.6 cm³/mol. The van der Waals surface area contributed by atoms with Crippen LogP contribution in [0.25, 0.3) is 0 Å². The predicted octanol–water partition coefficient (Wildman–Crippen LogP) is 3.21. The lowest BCUT2D eigenvalue weighted by molar-refractivity contribution is 0.282. The largest absolute Gasteiger partial charge is 0.309 e. The third-order valence-electron chi connectivity index (χ3n) is 4.28. The number of aryl methyl sites for hydroxylation is 1. The maximum absolute atomic E-state index is 4.57. The lowest BCUT2D eigenvalue weighted by atomic mass is 9.87. The number of aromatic nitrogens is 2. The molecule has 1 fully saturated rings. The van der Waals surface area contributed by atoms with E-state index in [-0.39, 0.29) is 0 Å². The van der Waals surface area contributed by atoms with Gasteiger partial charge in [-0.1, -0.05) is 34.1 Å². The monoisotopic (exact) mass is 249 g/mol. The summed E-state index contributed by atoms with van der Waals surface area (Å²) in [6.07, 6.45) is 6.16. The Morgan fingerprint density at radius 3 is 2.78 bits per heavy atom. The van der Waals surface area contributed by atoms with E-state index in [1.807, 2.05) is 11.7 Å². The maximum atomic E-state index is 4.57. The van der Waals surface area contributed by atoms with Gasteiger partial charge in [-0.05, 0) is 24.2 Å². The highest BCUT2D eigenvalue weighted by Gasteiger charge is 2.34. The molecule has 3 heteroatoms. The summed E-state index contributed by atoms with van der Waals surface area (Å²) in [6, 6.07) is 0.651. The van der Waals surface area contributed by atoms with Crippen LogP contribution in [0.1, 0.15) is 64.1 Å². The fourth-order valence-corrected chi connectivity index (χ4v) is 3.12. The number of hydrogen-bond donors (Lipinski definition) is 1. The molecular weight excluding hydrogens is 222 g/mol. The van der Waals surface area contributed by atoms with E-state index >= 15 is 0 Å². The van der Waals surface area contributed by atoms with Crippen LogP contribution in [-0.2, 0) is 13.6 Å². The summed E-state index contributed by atoms with van der Waals surface area (Å²) in [7, 11) is 2.01. The van der Waals surface area contributed by atoms with Crippen molar-refractivity contribution in [3.05, 3.63) is 17.5 Å². The molecule has 1 aliphatic carbocycles. The lowest BCUT2D eigenvalue weighted by Gasteiger charge is -2.28. The Labute approximate surface area is 111 Å². The van der Waals surface area contributed by atoms with E-state index in [1.54, 1.807) is 0 Å². The van der Waals surface area contributed by atoms with E-state index in [0.29, 0.717) is 17.4 Å². The molecule has 0 radical (unpaired) electrons. The van der Waals surface area contributed by atoms with Crippen molar-refractivity contribution >= 4 is 0 Å². The van der Waals surface area contributed by atoms with Gasteiger partial charge in [-0.25, -0.2) is 0 Å². The van der Waals surface area contributed by atoms with Gasteiger partial charge in [-0.3, -0.25) is 4.68 Å². The second-order valence-corrected chi connectivity index (χ2v) is 6.68. The second kappa shape index (κ2) is 5.04. The first kappa shape index (κ1) is 13.6. The van der Waals surface area contributed by atoms with Gasteiger partial charge in [0, 0.05) is 31.4 Å². The van der Waals surface area contributed by atoms with E-state index < -0.39 is 0 Å². The number of nitrogens with one attached hydrogen (secondary N) is 1. The van der Waals surface area contributed by atoms with Crippen molar-refractivity contribution in [1.29, 1.82) is 0 Å². The molecule has 1 heterocycles. The molecule has 0 saturated heterocycles. The highest BCUT2D eigenvalue weighted by atomic mass is 15.3. The molecule has 2 rings (SSSR count). The van der Waals surface area contributed by atoms with E-state index in [4.69, 9.17) is 0 Å². The molecule has 0 spiro atoms. The Morgan fingerprint density at radius 2 is 2.22 bits per heavy atom. The lowest BCUT2D eigenvalue weighted by Crippen LogP contribution is -2.37. The van der Waals surface area contributed by atoms with Gasteiger partial charge in [0.25, 0.3) is 0 Å². The van der Waals surface area contributed by atoms with Gasteiger partial charge in [0.15, 0.2) is 0 Å². The Morgan fingerprint density at radius 1 is 1.50 bits per heavy atom. The minimum atomic E-state index is 0.445. The normalized spacial score (nSPS) is 22.9. The summed E-state index contributed by atoms with van der Waals surface area (Å²) in [5.74, 6) is 0.500. The average molecular weight is 249 g/mol.